The van der Waals surface area contributed by atoms with Gasteiger partial charge in [-0.2, -0.15) is 0 Å². The van der Waals surface area contributed by atoms with Gasteiger partial charge < -0.3 is 5.11 Å². The minimum absolute atomic E-state index is 0.130. The van der Waals surface area contributed by atoms with Gasteiger partial charge in [-0.1, -0.05) is 13.3 Å². The van der Waals surface area contributed by atoms with Crippen molar-refractivity contribution in [1.82, 2.24) is 0 Å². The molecule has 7 atom stereocenters. The average Bonchev–Trinajstić information content (AvgIpc) is 3.01. The van der Waals surface area contributed by atoms with E-state index in [1.807, 2.05) is 6.92 Å². The minimum Gasteiger partial charge on any atom is -0.393 e. The molecule has 3 aliphatic carbocycles. The lowest BCUT2D eigenvalue weighted by Gasteiger charge is -2.45. The Hall–Kier alpha value is 0.250. The van der Waals surface area contributed by atoms with Crippen molar-refractivity contribution in [2.45, 2.75) is 63.9 Å². The van der Waals surface area contributed by atoms with E-state index in [1.54, 1.807) is 0 Å². The van der Waals surface area contributed by atoms with Crippen LogP contribution in [0, 0.1) is 29.1 Å². The van der Waals surface area contributed by atoms with Gasteiger partial charge >= 0.3 is 0 Å². The fourth-order valence-electron chi connectivity index (χ4n) is 5.25. The summed E-state index contributed by atoms with van der Waals surface area (Å²) in [7, 11) is 0. The smallest absolute Gasteiger partial charge is 0.0543 e. The number of hydrogen-bond acceptors (Lipinski definition) is 1. The van der Waals surface area contributed by atoms with Crippen molar-refractivity contribution in [2.75, 3.05) is 0 Å². The van der Waals surface area contributed by atoms with Gasteiger partial charge in [-0.25, -0.2) is 0 Å². The monoisotopic (exact) mass is 256 g/mol. The number of hydrogen-bond donors (Lipinski definition) is 1. The molecule has 0 aliphatic heterocycles. The SMILES string of the molecule is CCC1C(C(C)O)CC2CC(Cl)CCC23CC13. The predicted octanol–water partition coefficient (Wildman–Crippen LogP) is 3.83. The highest BCUT2D eigenvalue weighted by Gasteiger charge is 2.66. The fraction of sp³-hybridized carbons (Fsp3) is 1.00. The van der Waals surface area contributed by atoms with Gasteiger partial charge in [0.15, 0.2) is 0 Å². The van der Waals surface area contributed by atoms with E-state index in [2.05, 4.69) is 6.92 Å². The molecule has 0 aromatic heterocycles. The van der Waals surface area contributed by atoms with Crippen molar-refractivity contribution in [1.29, 1.82) is 0 Å². The lowest BCUT2D eigenvalue weighted by atomic mass is 9.61. The quantitative estimate of drug-likeness (QED) is 0.745. The molecule has 3 aliphatic rings. The lowest BCUT2D eigenvalue weighted by molar-refractivity contribution is -0.00251. The summed E-state index contributed by atoms with van der Waals surface area (Å²) in [6.07, 6.45) is 7.58. The Morgan fingerprint density at radius 3 is 2.82 bits per heavy atom. The van der Waals surface area contributed by atoms with Crippen LogP contribution in [0.5, 0.6) is 0 Å². The third kappa shape index (κ3) is 1.76. The third-order valence-electron chi connectivity index (χ3n) is 6.17. The summed E-state index contributed by atoms with van der Waals surface area (Å²) in [6, 6.07) is 0. The van der Waals surface area contributed by atoms with Crippen LogP contribution < -0.4 is 0 Å². The molecule has 0 bridgehead atoms. The van der Waals surface area contributed by atoms with E-state index >= 15 is 0 Å². The van der Waals surface area contributed by atoms with Crippen LogP contribution in [-0.2, 0) is 0 Å². The van der Waals surface area contributed by atoms with Crippen molar-refractivity contribution >= 4 is 11.6 Å². The lowest BCUT2D eigenvalue weighted by Crippen LogP contribution is -2.41. The third-order valence-corrected chi connectivity index (χ3v) is 6.57. The molecule has 3 fully saturated rings. The van der Waals surface area contributed by atoms with Crippen molar-refractivity contribution in [2.24, 2.45) is 29.1 Å². The Morgan fingerprint density at radius 2 is 2.18 bits per heavy atom. The van der Waals surface area contributed by atoms with E-state index in [4.69, 9.17) is 11.6 Å². The van der Waals surface area contributed by atoms with Gasteiger partial charge in [0.2, 0.25) is 0 Å². The maximum Gasteiger partial charge on any atom is 0.0543 e. The summed E-state index contributed by atoms with van der Waals surface area (Å²) < 4.78 is 0. The summed E-state index contributed by atoms with van der Waals surface area (Å²) in [6.45, 7) is 4.29. The molecular formula is C15H25ClO. The second-order valence-electron chi connectivity index (χ2n) is 6.82. The molecule has 0 heterocycles. The number of halogens is 1. The van der Waals surface area contributed by atoms with Gasteiger partial charge in [0.05, 0.1) is 6.10 Å². The van der Waals surface area contributed by atoms with Crippen LogP contribution in [0.4, 0.5) is 0 Å². The van der Waals surface area contributed by atoms with E-state index in [0.29, 0.717) is 16.7 Å². The van der Waals surface area contributed by atoms with Gasteiger partial charge in [0, 0.05) is 5.38 Å². The molecule has 2 heteroatoms. The fourth-order valence-corrected chi connectivity index (χ4v) is 5.57. The molecule has 0 amide bonds. The zero-order chi connectivity index (χ0) is 12.2. The second-order valence-corrected chi connectivity index (χ2v) is 7.44. The van der Waals surface area contributed by atoms with Gasteiger partial charge in [-0.3, -0.25) is 0 Å². The zero-order valence-corrected chi connectivity index (χ0v) is 11.8. The Morgan fingerprint density at radius 1 is 1.41 bits per heavy atom. The van der Waals surface area contributed by atoms with Crippen molar-refractivity contribution in [3.8, 4) is 0 Å². The van der Waals surface area contributed by atoms with E-state index < -0.39 is 0 Å². The number of rotatable bonds is 2. The van der Waals surface area contributed by atoms with Crippen LogP contribution >= 0.6 is 11.6 Å². The molecule has 1 spiro atoms. The van der Waals surface area contributed by atoms with Crippen molar-refractivity contribution in [3.63, 3.8) is 0 Å². The van der Waals surface area contributed by atoms with Gasteiger partial charge in [-0.15, -0.1) is 11.6 Å². The first-order chi connectivity index (χ1) is 8.08. The van der Waals surface area contributed by atoms with Gasteiger partial charge in [0.25, 0.3) is 0 Å². The topological polar surface area (TPSA) is 20.2 Å². The first kappa shape index (κ1) is 12.3. The summed E-state index contributed by atoms with van der Waals surface area (Å²) in [5.41, 5.74) is 0.664. The van der Waals surface area contributed by atoms with E-state index in [0.717, 1.165) is 17.8 Å². The number of aliphatic hydroxyl groups is 1. The largest absolute Gasteiger partial charge is 0.393 e. The normalized spacial score (nSPS) is 54.7. The highest BCUT2D eigenvalue weighted by atomic mass is 35.5. The molecular weight excluding hydrogens is 232 g/mol. The van der Waals surface area contributed by atoms with Crippen LogP contribution in [0.25, 0.3) is 0 Å². The Balaban J connectivity index is 1.81. The van der Waals surface area contributed by atoms with Crippen LogP contribution in [0.1, 0.15) is 52.4 Å². The summed E-state index contributed by atoms with van der Waals surface area (Å²) >= 11 is 6.35. The highest BCUT2D eigenvalue weighted by Crippen LogP contribution is 2.73. The zero-order valence-electron chi connectivity index (χ0n) is 11.0. The number of alkyl halides is 1. The molecule has 0 aromatic rings. The number of aliphatic hydroxyl groups excluding tert-OH is 1. The minimum atomic E-state index is -0.130. The van der Waals surface area contributed by atoms with Crippen LogP contribution in [0.15, 0.2) is 0 Å². The molecule has 3 saturated carbocycles. The molecule has 1 nitrogen and oxygen atoms in total. The molecule has 0 saturated heterocycles. The first-order valence-electron chi connectivity index (χ1n) is 7.40. The summed E-state index contributed by atoms with van der Waals surface area (Å²) in [4.78, 5) is 0. The Kier molecular flexibility index (Phi) is 2.99. The summed E-state index contributed by atoms with van der Waals surface area (Å²) in [5, 5.41) is 10.4. The molecule has 0 radical (unpaired) electrons. The van der Waals surface area contributed by atoms with Crippen molar-refractivity contribution < 1.29 is 5.11 Å². The highest BCUT2D eigenvalue weighted by molar-refractivity contribution is 6.20. The van der Waals surface area contributed by atoms with Crippen LogP contribution in [-0.4, -0.2) is 16.6 Å². The summed E-state index contributed by atoms with van der Waals surface area (Å²) in [5.74, 6) is 3.03. The standard InChI is InChI=1S/C15H25ClO/c1-3-12-13(9(2)17)7-10-6-11(16)4-5-15(10)8-14(12)15/h9-14,17H,3-8H2,1-2H3. The van der Waals surface area contributed by atoms with E-state index in [9.17, 15) is 5.11 Å². The Labute approximate surface area is 110 Å². The Bertz CT molecular complexity index is 303. The van der Waals surface area contributed by atoms with Gasteiger partial charge in [-0.05, 0) is 68.1 Å². The van der Waals surface area contributed by atoms with E-state index in [1.165, 1.54) is 38.5 Å². The molecule has 17 heavy (non-hydrogen) atoms. The first-order valence-corrected chi connectivity index (χ1v) is 7.84. The average molecular weight is 257 g/mol. The molecule has 0 aromatic carbocycles. The predicted molar refractivity (Wildman–Crippen MR) is 71.1 cm³/mol. The van der Waals surface area contributed by atoms with E-state index in [-0.39, 0.29) is 6.10 Å². The molecule has 3 rings (SSSR count). The maximum atomic E-state index is 10.0. The van der Waals surface area contributed by atoms with Gasteiger partial charge in [0.1, 0.15) is 0 Å². The van der Waals surface area contributed by atoms with Crippen LogP contribution in [0.2, 0.25) is 0 Å². The van der Waals surface area contributed by atoms with Crippen molar-refractivity contribution in [3.05, 3.63) is 0 Å². The van der Waals surface area contributed by atoms with Crippen LogP contribution in [0.3, 0.4) is 0 Å². The molecule has 1 N–H and O–H groups in total. The molecule has 7 unspecified atom stereocenters. The second kappa shape index (κ2) is 4.13. The molecule has 98 valence electrons. The maximum absolute atomic E-state index is 10.0.